The van der Waals surface area contributed by atoms with Crippen LogP contribution in [0.2, 0.25) is 15.1 Å². The molecule has 0 unspecified atom stereocenters. The molecular weight excluding hydrogens is 433 g/mol. The van der Waals surface area contributed by atoms with E-state index in [0.717, 1.165) is 5.69 Å². The van der Waals surface area contributed by atoms with Crippen LogP contribution in [0.5, 0.6) is 0 Å². The second kappa shape index (κ2) is 8.27. The van der Waals surface area contributed by atoms with Crippen molar-refractivity contribution in [2.24, 2.45) is 0 Å². The van der Waals surface area contributed by atoms with Gasteiger partial charge in [-0.1, -0.05) is 52.1 Å². The number of amides is 1. The third-order valence-corrected chi connectivity index (χ3v) is 5.88. The van der Waals surface area contributed by atoms with Gasteiger partial charge in [-0.2, -0.15) is 0 Å². The minimum Gasteiger partial charge on any atom is -0.368 e. The predicted octanol–water partition coefficient (Wildman–Crippen LogP) is 5.57. The summed E-state index contributed by atoms with van der Waals surface area (Å²) in [5.41, 5.74) is 2.33. The van der Waals surface area contributed by atoms with Gasteiger partial charge in [-0.15, -0.1) is 0 Å². The van der Waals surface area contributed by atoms with E-state index in [1.165, 1.54) is 0 Å². The number of carbonyl (C=O) groups is 1. The molecule has 0 atom stereocenters. The van der Waals surface area contributed by atoms with E-state index >= 15 is 0 Å². The Morgan fingerprint density at radius 3 is 2.31 bits per heavy atom. The zero-order valence-electron chi connectivity index (χ0n) is 15.7. The normalized spacial score (nSPS) is 14.3. The highest BCUT2D eigenvalue weighted by molar-refractivity contribution is 6.39. The van der Waals surface area contributed by atoms with Crippen molar-refractivity contribution in [1.29, 1.82) is 0 Å². The number of hydrogen-bond donors (Lipinski definition) is 0. The number of halogens is 3. The largest absolute Gasteiger partial charge is 0.368 e. The van der Waals surface area contributed by atoms with Crippen molar-refractivity contribution in [2.45, 2.75) is 6.92 Å². The van der Waals surface area contributed by atoms with Crippen LogP contribution in [0.3, 0.4) is 0 Å². The number of carbonyl (C=O) groups excluding carboxylic acids is 1. The molecule has 1 aromatic heterocycles. The fourth-order valence-electron chi connectivity index (χ4n) is 3.52. The topological polar surface area (TPSA) is 49.6 Å². The molecule has 0 saturated carbocycles. The summed E-state index contributed by atoms with van der Waals surface area (Å²) in [7, 11) is 0. The number of benzene rings is 2. The van der Waals surface area contributed by atoms with Crippen LogP contribution < -0.4 is 4.90 Å². The molecule has 8 heteroatoms. The highest BCUT2D eigenvalue weighted by Crippen LogP contribution is 2.37. The minimum atomic E-state index is -0.138. The molecule has 5 nitrogen and oxygen atoms in total. The summed E-state index contributed by atoms with van der Waals surface area (Å²) in [6.45, 7) is 4.28. The number of aryl methyl sites for hydroxylation is 1. The van der Waals surface area contributed by atoms with E-state index in [-0.39, 0.29) is 5.91 Å². The number of piperazine rings is 1. The Morgan fingerprint density at radius 2 is 1.66 bits per heavy atom. The molecule has 150 valence electrons. The van der Waals surface area contributed by atoms with Crippen molar-refractivity contribution in [3.63, 3.8) is 0 Å². The van der Waals surface area contributed by atoms with Gasteiger partial charge >= 0.3 is 0 Å². The molecule has 4 rings (SSSR count). The Labute approximate surface area is 183 Å². The summed E-state index contributed by atoms with van der Waals surface area (Å²) in [4.78, 5) is 17.3. The molecule has 1 amide bonds. The number of aromatic nitrogens is 1. The molecule has 1 aliphatic heterocycles. The Balaban J connectivity index is 1.57. The second-order valence-corrected chi connectivity index (χ2v) is 8.07. The van der Waals surface area contributed by atoms with E-state index in [2.05, 4.69) is 10.1 Å². The van der Waals surface area contributed by atoms with E-state index in [1.54, 1.807) is 30.0 Å². The molecule has 2 heterocycles. The molecular formula is C21H18Cl3N3O2. The first-order valence-corrected chi connectivity index (χ1v) is 10.3. The summed E-state index contributed by atoms with van der Waals surface area (Å²) in [5, 5.41) is 5.62. The summed E-state index contributed by atoms with van der Waals surface area (Å²) in [6, 6.07) is 12.9. The van der Waals surface area contributed by atoms with Crippen LogP contribution in [0.1, 0.15) is 16.1 Å². The minimum absolute atomic E-state index is 0.138. The van der Waals surface area contributed by atoms with Gasteiger partial charge in [-0.25, -0.2) is 0 Å². The summed E-state index contributed by atoms with van der Waals surface area (Å²) < 4.78 is 5.34. The Kier molecular flexibility index (Phi) is 5.72. The lowest BCUT2D eigenvalue weighted by Crippen LogP contribution is -2.49. The maximum Gasteiger partial charge on any atom is 0.259 e. The van der Waals surface area contributed by atoms with Gasteiger partial charge in [0.05, 0.1) is 10.0 Å². The molecule has 2 aromatic carbocycles. The number of rotatable bonds is 3. The molecule has 0 spiro atoms. The number of hydrogen-bond acceptors (Lipinski definition) is 4. The van der Waals surface area contributed by atoms with Gasteiger partial charge in [0.25, 0.3) is 5.91 Å². The monoisotopic (exact) mass is 449 g/mol. The van der Waals surface area contributed by atoms with Crippen LogP contribution in [0, 0.1) is 6.92 Å². The van der Waals surface area contributed by atoms with Crippen LogP contribution in [0.4, 0.5) is 5.69 Å². The van der Waals surface area contributed by atoms with Gasteiger partial charge < -0.3 is 14.3 Å². The molecule has 0 bridgehead atoms. The van der Waals surface area contributed by atoms with Crippen LogP contribution in [-0.2, 0) is 0 Å². The SMILES string of the molecule is Cc1onc(-c2c(Cl)cccc2Cl)c1C(=O)N1CCN(c2cccc(Cl)c2)CC1. The van der Waals surface area contributed by atoms with Crippen molar-refractivity contribution in [2.75, 3.05) is 31.1 Å². The zero-order valence-corrected chi connectivity index (χ0v) is 17.9. The molecule has 3 aromatic rings. The van der Waals surface area contributed by atoms with Gasteiger partial charge in [-0.05, 0) is 37.3 Å². The second-order valence-electron chi connectivity index (χ2n) is 6.82. The summed E-state index contributed by atoms with van der Waals surface area (Å²) in [5.74, 6) is 0.304. The van der Waals surface area contributed by atoms with Gasteiger partial charge in [0.1, 0.15) is 17.0 Å². The number of anilines is 1. The average molecular weight is 451 g/mol. The highest BCUT2D eigenvalue weighted by Gasteiger charge is 2.30. The van der Waals surface area contributed by atoms with E-state index in [0.29, 0.717) is 63.8 Å². The first-order valence-electron chi connectivity index (χ1n) is 9.16. The maximum atomic E-state index is 13.3. The van der Waals surface area contributed by atoms with Crippen molar-refractivity contribution in [1.82, 2.24) is 10.1 Å². The Morgan fingerprint density at radius 1 is 1.00 bits per heavy atom. The first kappa shape index (κ1) is 20.1. The third kappa shape index (κ3) is 3.95. The van der Waals surface area contributed by atoms with Crippen LogP contribution in [-0.4, -0.2) is 42.1 Å². The Bertz CT molecular complexity index is 1040. The lowest BCUT2D eigenvalue weighted by molar-refractivity contribution is 0.0745. The molecule has 0 radical (unpaired) electrons. The van der Waals surface area contributed by atoms with Crippen molar-refractivity contribution < 1.29 is 9.32 Å². The third-order valence-electron chi connectivity index (χ3n) is 5.02. The van der Waals surface area contributed by atoms with Gasteiger partial charge in [0, 0.05) is 42.5 Å². The van der Waals surface area contributed by atoms with Gasteiger partial charge in [0.15, 0.2) is 0 Å². The average Bonchev–Trinajstić information content (AvgIpc) is 3.08. The summed E-state index contributed by atoms with van der Waals surface area (Å²) >= 11 is 18.8. The highest BCUT2D eigenvalue weighted by atomic mass is 35.5. The Hall–Kier alpha value is -2.21. The molecule has 0 N–H and O–H groups in total. The fraction of sp³-hybridized carbons (Fsp3) is 0.238. The van der Waals surface area contributed by atoms with E-state index in [9.17, 15) is 4.79 Å². The lowest BCUT2D eigenvalue weighted by atomic mass is 10.0. The van der Waals surface area contributed by atoms with E-state index < -0.39 is 0 Å². The van der Waals surface area contributed by atoms with Crippen molar-refractivity contribution >= 4 is 46.4 Å². The van der Waals surface area contributed by atoms with E-state index in [1.807, 2.05) is 24.3 Å². The van der Waals surface area contributed by atoms with Gasteiger partial charge in [-0.3, -0.25) is 4.79 Å². The number of nitrogens with zero attached hydrogens (tertiary/aromatic N) is 3. The van der Waals surface area contributed by atoms with Gasteiger partial charge in [0.2, 0.25) is 0 Å². The van der Waals surface area contributed by atoms with Crippen LogP contribution in [0.25, 0.3) is 11.3 Å². The van der Waals surface area contributed by atoms with E-state index in [4.69, 9.17) is 39.3 Å². The fourth-order valence-corrected chi connectivity index (χ4v) is 4.28. The van der Waals surface area contributed by atoms with Crippen molar-refractivity contribution in [3.05, 3.63) is 68.9 Å². The molecule has 1 aliphatic rings. The van der Waals surface area contributed by atoms with Crippen LogP contribution >= 0.6 is 34.8 Å². The summed E-state index contributed by atoms with van der Waals surface area (Å²) in [6.07, 6.45) is 0. The quantitative estimate of drug-likeness (QED) is 0.523. The molecule has 1 saturated heterocycles. The standard InChI is InChI=1S/C21H18Cl3N3O2/c1-13-18(20(25-29-13)19-16(23)6-3-7-17(19)24)21(28)27-10-8-26(9-11-27)15-5-2-4-14(22)12-15/h2-7,12H,8-11H2,1H3. The lowest BCUT2D eigenvalue weighted by Gasteiger charge is -2.36. The molecule has 1 fully saturated rings. The first-order chi connectivity index (χ1) is 14.0. The smallest absolute Gasteiger partial charge is 0.259 e. The maximum absolute atomic E-state index is 13.3. The zero-order chi connectivity index (χ0) is 20.5. The molecule has 0 aliphatic carbocycles. The molecule has 29 heavy (non-hydrogen) atoms. The predicted molar refractivity (Wildman–Crippen MR) is 116 cm³/mol. The van der Waals surface area contributed by atoms with Crippen LogP contribution in [0.15, 0.2) is 47.0 Å². The van der Waals surface area contributed by atoms with Crippen molar-refractivity contribution in [3.8, 4) is 11.3 Å².